The summed E-state index contributed by atoms with van der Waals surface area (Å²) in [7, 11) is 1.04. The van der Waals surface area contributed by atoms with Gasteiger partial charge in [0.05, 0.1) is 23.0 Å². The SMILES string of the molecule is CN/N=C\C(=N)B1OC(C)(C)C(C)(C)O1. The highest BCUT2D eigenvalue weighted by molar-refractivity contribution is 6.92. The second-order valence-corrected chi connectivity index (χ2v) is 4.53. The van der Waals surface area contributed by atoms with Crippen LogP contribution < -0.4 is 5.43 Å². The third kappa shape index (κ3) is 2.38. The Balaban J connectivity index is 2.71. The lowest BCUT2D eigenvalue weighted by atomic mass is 9.83. The van der Waals surface area contributed by atoms with Crippen LogP contribution in [0.3, 0.4) is 0 Å². The average molecular weight is 211 g/mol. The molecule has 0 aromatic heterocycles. The first-order valence-corrected chi connectivity index (χ1v) is 4.94. The van der Waals surface area contributed by atoms with Gasteiger partial charge in [-0.15, -0.1) is 0 Å². The molecule has 1 rings (SSSR count). The van der Waals surface area contributed by atoms with Gasteiger partial charge in [0.1, 0.15) is 0 Å². The Morgan fingerprint density at radius 1 is 1.27 bits per heavy atom. The van der Waals surface area contributed by atoms with Crippen LogP contribution in [0.2, 0.25) is 0 Å². The van der Waals surface area contributed by atoms with Crippen molar-refractivity contribution >= 4 is 18.9 Å². The van der Waals surface area contributed by atoms with Crippen LogP contribution in [0.1, 0.15) is 27.7 Å². The van der Waals surface area contributed by atoms with Crippen molar-refractivity contribution in [3.8, 4) is 0 Å². The van der Waals surface area contributed by atoms with Gasteiger partial charge in [-0.2, -0.15) is 5.10 Å². The zero-order valence-electron chi connectivity index (χ0n) is 9.92. The molecule has 0 saturated carbocycles. The first kappa shape index (κ1) is 12.2. The average Bonchev–Trinajstić information content (AvgIpc) is 2.32. The summed E-state index contributed by atoms with van der Waals surface area (Å²) in [6.07, 6.45) is 1.39. The summed E-state index contributed by atoms with van der Waals surface area (Å²) in [6, 6.07) is 0. The molecule has 6 heteroatoms. The monoisotopic (exact) mass is 211 g/mol. The Hall–Kier alpha value is -0.875. The van der Waals surface area contributed by atoms with Gasteiger partial charge in [-0.05, 0) is 27.7 Å². The van der Waals surface area contributed by atoms with Gasteiger partial charge in [-0.3, -0.25) is 0 Å². The molecular formula is C9H18BN3O2. The number of rotatable bonds is 3. The number of nitrogens with one attached hydrogen (secondary N) is 2. The summed E-state index contributed by atoms with van der Waals surface area (Å²) in [5.41, 5.74) is 1.98. The Morgan fingerprint density at radius 3 is 2.13 bits per heavy atom. The first-order chi connectivity index (χ1) is 6.80. The number of nitrogens with zero attached hydrogens (tertiary/aromatic N) is 1. The van der Waals surface area contributed by atoms with Crippen molar-refractivity contribution < 1.29 is 9.31 Å². The summed E-state index contributed by atoms with van der Waals surface area (Å²) >= 11 is 0. The van der Waals surface area contributed by atoms with Gasteiger partial charge < -0.3 is 20.1 Å². The van der Waals surface area contributed by atoms with Crippen LogP contribution >= 0.6 is 0 Å². The molecule has 1 aliphatic heterocycles. The highest BCUT2D eigenvalue weighted by atomic mass is 16.7. The smallest absolute Gasteiger partial charge is 0.398 e. The molecule has 0 unspecified atom stereocenters. The Kier molecular flexibility index (Phi) is 3.20. The summed E-state index contributed by atoms with van der Waals surface area (Å²) in [5.74, 6) is 0. The summed E-state index contributed by atoms with van der Waals surface area (Å²) < 4.78 is 11.3. The zero-order valence-corrected chi connectivity index (χ0v) is 9.92. The molecule has 1 aliphatic rings. The van der Waals surface area contributed by atoms with E-state index in [-0.39, 0.29) is 5.61 Å². The van der Waals surface area contributed by atoms with Crippen molar-refractivity contribution in [2.24, 2.45) is 5.10 Å². The maximum absolute atomic E-state index is 7.70. The van der Waals surface area contributed by atoms with Gasteiger partial charge in [0.25, 0.3) is 0 Å². The summed E-state index contributed by atoms with van der Waals surface area (Å²) in [5, 5.41) is 11.5. The highest BCUT2D eigenvalue weighted by Crippen LogP contribution is 2.36. The number of hydrogen-bond donors (Lipinski definition) is 2. The predicted molar refractivity (Wildman–Crippen MR) is 61.4 cm³/mol. The molecule has 0 bridgehead atoms. The second-order valence-electron chi connectivity index (χ2n) is 4.53. The van der Waals surface area contributed by atoms with Crippen LogP contribution in [0.25, 0.3) is 0 Å². The first-order valence-electron chi connectivity index (χ1n) is 4.94. The predicted octanol–water partition coefficient (Wildman–Crippen LogP) is 0.843. The number of hydrazone groups is 1. The van der Waals surface area contributed by atoms with Crippen LogP contribution in [-0.4, -0.2) is 37.2 Å². The maximum Gasteiger partial charge on any atom is 0.515 e. The van der Waals surface area contributed by atoms with Crippen LogP contribution in [0, 0.1) is 5.41 Å². The Labute approximate surface area is 90.9 Å². The minimum atomic E-state index is -0.632. The molecule has 5 nitrogen and oxygen atoms in total. The summed E-state index contributed by atoms with van der Waals surface area (Å²) in [6.45, 7) is 7.82. The van der Waals surface area contributed by atoms with Crippen LogP contribution in [-0.2, 0) is 9.31 Å². The fourth-order valence-electron chi connectivity index (χ4n) is 1.16. The third-order valence-corrected chi connectivity index (χ3v) is 2.84. The topological polar surface area (TPSA) is 66.7 Å². The standard InChI is InChI=1S/C9H18BN3O2/c1-8(2)9(3,4)15-10(14-8)7(11)6-13-12-5/h6,11-12H,1-5H3/b11-7?,13-6-. The van der Waals surface area contributed by atoms with E-state index in [9.17, 15) is 0 Å². The molecule has 84 valence electrons. The van der Waals surface area contributed by atoms with Crippen molar-refractivity contribution in [3.63, 3.8) is 0 Å². The largest absolute Gasteiger partial charge is 0.515 e. The molecular weight excluding hydrogens is 193 g/mol. The fourth-order valence-corrected chi connectivity index (χ4v) is 1.16. The van der Waals surface area contributed by atoms with E-state index in [4.69, 9.17) is 14.7 Å². The van der Waals surface area contributed by atoms with Crippen molar-refractivity contribution in [2.45, 2.75) is 38.9 Å². The van der Waals surface area contributed by atoms with Crippen LogP contribution in [0.5, 0.6) is 0 Å². The molecule has 1 heterocycles. The lowest BCUT2D eigenvalue weighted by Gasteiger charge is -2.32. The van der Waals surface area contributed by atoms with E-state index in [2.05, 4.69) is 10.5 Å². The van der Waals surface area contributed by atoms with Gasteiger partial charge in [-0.1, -0.05) is 0 Å². The summed E-state index contributed by atoms with van der Waals surface area (Å²) in [4.78, 5) is 0. The van der Waals surface area contributed by atoms with Gasteiger partial charge in [0, 0.05) is 7.05 Å². The third-order valence-electron chi connectivity index (χ3n) is 2.84. The van der Waals surface area contributed by atoms with E-state index >= 15 is 0 Å². The molecule has 0 aromatic carbocycles. The van der Waals surface area contributed by atoms with Gasteiger partial charge in [0.2, 0.25) is 0 Å². The molecule has 0 amide bonds. The Morgan fingerprint density at radius 2 is 1.73 bits per heavy atom. The van der Waals surface area contributed by atoms with E-state index in [1.165, 1.54) is 6.21 Å². The maximum atomic E-state index is 7.70. The zero-order chi connectivity index (χ0) is 11.7. The quantitative estimate of drug-likeness (QED) is 0.413. The van der Waals surface area contributed by atoms with E-state index in [0.717, 1.165) is 0 Å². The van der Waals surface area contributed by atoms with Crippen molar-refractivity contribution in [3.05, 3.63) is 0 Å². The lowest BCUT2D eigenvalue weighted by Crippen LogP contribution is -2.41. The number of hydrogen-bond acceptors (Lipinski definition) is 5. The van der Waals surface area contributed by atoms with Gasteiger partial charge in [0.15, 0.2) is 0 Å². The van der Waals surface area contributed by atoms with Crippen molar-refractivity contribution in [1.29, 1.82) is 5.41 Å². The van der Waals surface area contributed by atoms with E-state index in [1.807, 2.05) is 27.7 Å². The van der Waals surface area contributed by atoms with Crippen LogP contribution in [0.15, 0.2) is 5.10 Å². The molecule has 0 radical (unpaired) electrons. The molecule has 1 fully saturated rings. The van der Waals surface area contributed by atoms with E-state index < -0.39 is 18.3 Å². The van der Waals surface area contributed by atoms with Crippen LogP contribution in [0.4, 0.5) is 0 Å². The van der Waals surface area contributed by atoms with E-state index in [0.29, 0.717) is 0 Å². The van der Waals surface area contributed by atoms with Gasteiger partial charge in [-0.25, -0.2) is 0 Å². The molecule has 0 aliphatic carbocycles. The lowest BCUT2D eigenvalue weighted by molar-refractivity contribution is 0.00578. The molecule has 1 saturated heterocycles. The molecule has 0 atom stereocenters. The van der Waals surface area contributed by atoms with Gasteiger partial charge >= 0.3 is 7.12 Å². The van der Waals surface area contributed by atoms with Crippen molar-refractivity contribution in [1.82, 2.24) is 5.43 Å². The molecule has 0 aromatic rings. The minimum absolute atomic E-state index is 0.211. The molecule has 0 spiro atoms. The highest BCUT2D eigenvalue weighted by Gasteiger charge is 2.52. The van der Waals surface area contributed by atoms with Crippen molar-refractivity contribution in [2.75, 3.05) is 7.05 Å². The molecule has 2 N–H and O–H groups in total. The molecule has 15 heavy (non-hydrogen) atoms. The minimum Gasteiger partial charge on any atom is -0.398 e. The fraction of sp³-hybridized carbons (Fsp3) is 0.778. The van der Waals surface area contributed by atoms with E-state index in [1.54, 1.807) is 7.05 Å². The normalized spacial score (nSPS) is 23.4. The second kappa shape index (κ2) is 3.94. The Bertz CT molecular complexity index is 273.